The Morgan fingerprint density at radius 3 is 1.82 bits per heavy atom. The van der Waals surface area contributed by atoms with E-state index in [1.54, 1.807) is 0 Å². The van der Waals surface area contributed by atoms with Crippen molar-refractivity contribution in [3.05, 3.63) is 0 Å². The summed E-state index contributed by atoms with van der Waals surface area (Å²) in [4.78, 5) is 30.5. The number of hydrogen-bond donors (Lipinski definition) is 2. The van der Waals surface area contributed by atoms with E-state index in [-0.39, 0.29) is 0 Å². The minimum atomic E-state index is -1.44. The Morgan fingerprint density at radius 1 is 0.864 bits per heavy atom. The summed E-state index contributed by atoms with van der Waals surface area (Å²) in [5, 5.41) is 17.3. The van der Waals surface area contributed by atoms with Gasteiger partial charge in [-0.25, -0.2) is 14.6 Å². The van der Waals surface area contributed by atoms with Crippen LogP contribution < -0.4 is 0 Å². The van der Waals surface area contributed by atoms with Crippen LogP contribution in [0.15, 0.2) is 0 Å². The van der Waals surface area contributed by atoms with Crippen LogP contribution in [0.4, 0.5) is 0 Å². The highest BCUT2D eigenvalue weighted by Crippen LogP contribution is 2.10. The molecule has 0 spiro atoms. The molecular formula is C16H30O6. The number of carbonyl (C=O) groups is 2. The van der Waals surface area contributed by atoms with Gasteiger partial charge in [-0.3, -0.25) is 4.79 Å². The summed E-state index contributed by atoms with van der Waals surface area (Å²) in [5.74, 6) is -2.56. The summed E-state index contributed by atoms with van der Waals surface area (Å²) in [7, 11) is 0. The first-order chi connectivity index (χ1) is 10.6. The number of carboxylic acid groups (broad SMARTS) is 2. The van der Waals surface area contributed by atoms with Crippen molar-refractivity contribution in [3.8, 4) is 0 Å². The zero-order chi connectivity index (χ0) is 16.6. The predicted octanol–water partition coefficient (Wildman–Crippen LogP) is 3.78. The van der Waals surface area contributed by atoms with Gasteiger partial charge in [-0.1, -0.05) is 64.7 Å². The van der Waals surface area contributed by atoms with Crippen LogP contribution >= 0.6 is 0 Å². The van der Waals surface area contributed by atoms with E-state index in [9.17, 15) is 9.59 Å². The lowest BCUT2D eigenvalue weighted by atomic mass is 10.1. The lowest BCUT2D eigenvalue weighted by molar-refractivity contribution is -0.320. The molecule has 1 atom stereocenters. The molecule has 0 aromatic heterocycles. The molecule has 0 radical (unpaired) electrons. The van der Waals surface area contributed by atoms with Crippen LogP contribution in [0, 0.1) is 0 Å². The maximum Gasteiger partial charge on any atom is 0.336 e. The average molecular weight is 318 g/mol. The average Bonchev–Trinajstić information content (AvgIpc) is 2.46. The van der Waals surface area contributed by atoms with Gasteiger partial charge in [-0.2, -0.15) is 0 Å². The van der Waals surface area contributed by atoms with E-state index in [2.05, 4.69) is 11.8 Å². The molecule has 0 aliphatic carbocycles. The van der Waals surface area contributed by atoms with Crippen molar-refractivity contribution in [2.75, 3.05) is 6.61 Å². The molecule has 130 valence electrons. The molecule has 0 heterocycles. The molecule has 0 bridgehead atoms. The third kappa shape index (κ3) is 13.8. The standard InChI is InChI=1S/C16H30O6/c1-2-3-4-5-6-7-8-9-10-11-12-21-22-14(16(19)20)13-15(17)18/h14H,2-13H2,1H3,(H,17,18)(H,19,20). The van der Waals surface area contributed by atoms with Gasteiger partial charge < -0.3 is 10.2 Å². The van der Waals surface area contributed by atoms with E-state index in [0.29, 0.717) is 6.61 Å². The van der Waals surface area contributed by atoms with Gasteiger partial charge in [0.25, 0.3) is 0 Å². The third-order valence-electron chi connectivity index (χ3n) is 3.40. The number of hydrogen-bond acceptors (Lipinski definition) is 4. The smallest absolute Gasteiger partial charge is 0.336 e. The van der Waals surface area contributed by atoms with Gasteiger partial charge in [0.05, 0.1) is 13.0 Å². The van der Waals surface area contributed by atoms with Crippen LogP contribution in [0.5, 0.6) is 0 Å². The monoisotopic (exact) mass is 318 g/mol. The minimum Gasteiger partial charge on any atom is -0.481 e. The summed E-state index contributed by atoms with van der Waals surface area (Å²) in [5.41, 5.74) is 0. The second-order valence-electron chi connectivity index (χ2n) is 5.52. The normalized spacial score (nSPS) is 12.2. The summed E-state index contributed by atoms with van der Waals surface area (Å²) >= 11 is 0. The molecule has 2 N–H and O–H groups in total. The van der Waals surface area contributed by atoms with Crippen LogP contribution in [0.1, 0.15) is 77.6 Å². The SMILES string of the molecule is CCCCCCCCCCCCOOC(CC(=O)O)C(=O)O. The first kappa shape index (κ1) is 20.9. The van der Waals surface area contributed by atoms with E-state index < -0.39 is 24.5 Å². The molecule has 6 heteroatoms. The number of aliphatic carboxylic acids is 2. The van der Waals surface area contributed by atoms with E-state index in [0.717, 1.165) is 19.3 Å². The van der Waals surface area contributed by atoms with Gasteiger partial charge in [-0.05, 0) is 6.42 Å². The molecule has 0 saturated carbocycles. The molecular weight excluding hydrogens is 288 g/mol. The highest BCUT2D eigenvalue weighted by atomic mass is 17.2. The van der Waals surface area contributed by atoms with Gasteiger partial charge in [0.15, 0.2) is 6.10 Å². The van der Waals surface area contributed by atoms with Gasteiger partial charge in [0.2, 0.25) is 0 Å². The molecule has 0 rings (SSSR count). The van der Waals surface area contributed by atoms with Gasteiger partial charge in [0, 0.05) is 0 Å². The fourth-order valence-electron chi connectivity index (χ4n) is 2.10. The lowest BCUT2D eigenvalue weighted by Gasteiger charge is -2.10. The molecule has 1 unspecified atom stereocenters. The zero-order valence-electron chi connectivity index (χ0n) is 13.6. The first-order valence-corrected chi connectivity index (χ1v) is 8.30. The Morgan fingerprint density at radius 2 is 1.36 bits per heavy atom. The third-order valence-corrected chi connectivity index (χ3v) is 3.40. The Balaban J connectivity index is 3.35. The maximum absolute atomic E-state index is 10.7. The summed E-state index contributed by atoms with van der Waals surface area (Å²) in [6.45, 7) is 2.51. The van der Waals surface area contributed by atoms with Crippen LogP contribution in [0.25, 0.3) is 0 Å². The summed E-state index contributed by atoms with van der Waals surface area (Å²) in [6.07, 6.45) is 9.92. The summed E-state index contributed by atoms with van der Waals surface area (Å²) in [6, 6.07) is 0. The second kappa shape index (κ2) is 14.8. The van der Waals surface area contributed by atoms with E-state index in [1.807, 2.05) is 0 Å². The van der Waals surface area contributed by atoms with Crippen molar-refractivity contribution in [1.82, 2.24) is 0 Å². The van der Waals surface area contributed by atoms with Crippen LogP contribution in [-0.4, -0.2) is 34.9 Å². The molecule has 22 heavy (non-hydrogen) atoms. The largest absolute Gasteiger partial charge is 0.481 e. The minimum absolute atomic E-state index is 0.292. The molecule has 6 nitrogen and oxygen atoms in total. The van der Waals surface area contributed by atoms with Crippen molar-refractivity contribution >= 4 is 11.9 Å². The molecule has 0 aliphatic rings. The van der Waals surface area contributed by atoms with E-state index >= 15 is 0 Å². The van der Waals surface area contributed by atoms with Gasteiger partial charge in [-0.15, -0.1) is 0 Å². The predicted molar refractivity (Wildman–Crippen MR) is 82.6 cm³/mol. The summed E-state index contributed by atoms with van der Waals surface area (Å²) < 4.78 is 0. The maximum atomic E-state index is 10.7. The van der Waals surface area contributed by atoms with Gasteiger partial charge >= 0.3 is 11.9 Å². The number of rotatable bonds is 16. The molecule has 0 amide bonds. The topological polar surface area (TPSA) is 93.1 Å². The van der Waals surface area contributed by atoms with Crippen molar-refractivity contribution in [1.29, 1.82) is 0 Å². The Hall–Kier alpha value is -1.14. The molecule has 0 fully saturated rings. The Labute approximate surface area is 132 Å². The van der Waals surface area contributed by atoms with Crippen LogP contribution in [0.3, 0.4) is 0 Å². The van der Waals surface area contributed by atoms with Crippen molar-refractivity contribution in [2.24, 2.45) is 0 Å². The number of unbranched alkanes of at least 4 members (excludes halogenated alkanes) is 9. The van der Waals surface area contributed by atoms with Gasteiger partial charge in [0.1, 0.15) is 0 Å². The van der Waals surface area contributed by atoms with Crippen LogP contribution in [-0.2, 0) is 19.4 Å². The quantitative estimate of drug-likeness (QED) is 0.255. The number of carboxylic acids is 2. The van der Waals surface area contributed by atoms with Crippen molar-refractivity contribution in [2.45, 2.75) is 83.7 Å². The fourth-order valence-corrected chi connectivity index (χ4v) is 2.10. The lowest BCUT2D eigenvalue weighted by Crippen LogP contribution is -2.27. The molecule has 0 saturated heterocycles. The van der Waals surface area contributed by atoms with E-state index in [4.69, 9.17) is 15.1 Å². The molecule has 0 aliphatic heterocycles. The second-order valence-corrected chi connectivity index (χ2v) is 5.52. The Bertz CT molecular complexity index is 292. The molecule has 0 aromatic rings. The zero-order valence-corrected chi connectivity index (χ0v) is 13.6. The van der Waals surface area contributed by atoms with Crippen molar-refractivity contribution in [3.63, 3.8) is 0 Å². The van der Waals surface area contributed by atoms with E-state index in [1.165, 1.54) is 44.9 Å². The fraction of sp³-hybridized carbons (Fsp3) is 0.875. The molecule has 0 aromatic carbocycles. The van der Waals surface area contributed by atoms with Crippen LogP contribution in [0.2, 0.25) is 0 Å². The van der Waals surface area contributed by atoms with Crippen molar-refractivity contribution < 1.29 is 29.6 Å². The highest BCUT2D eigenvalue weighted by Gasteiger charge is 2.22. The Kier molecular flexibility index (Phi) is 14.0. The highest BCUT2D eigenvalue weighted by molar-refractivity contribution is 5.79. The first-order valence-electron chi connectivity index (χ1n) is 8.30.